The Hall–Kier alpha value is -1.31. The van der Waals surface area contributed by atoms with E-state index in [1.165, 1.54) is 5.56 Å². The first-order valence-electron chi connectivity index (χ1n) is 5.96. The predicted molar refractivity (Wildman–Crippen MR) is 67.2 cm³/mol. The van der Waals surface area contributed by atoms with Crippen LogP contribution < -0.4 is 5.32 Å². The minimum absolute atomic E-state index is 0.0716. The normalized spacial score (nSPS) is 12.5. The lowest BCUT2D eigenvalue weighted by Gasteiger charge is -2.19. The van der Waals surface area contributed by atoms with Crippen molar-refractivity contribution in [2.24, 2.45) is 11.8 Å². The van der Waals surface area contributed by atoms with Crippen LogP contribution in [-0.2, 0) is 11.2 Å². The van der Waals surface area contributed by atoms with Gasteiger partial charge in [0.25, 0.3) is 0 Å². The zero-order chi connectivity index (χ0) is 12.0. The van der Waals surface area contributed by atoms with Gasteiger partial charge in [0.2, 0.25) is 5.91 Å². The molecule has 1 aromatic rings. The third-order valence-electron chi connectivity index (χ3n) is 2.79. The third-order valence-corrected chi connectivity index (χ3v) is 2.79. The molecule has 0 aliphatic heterocycles. The summed E-state index contributed by atoms with van der Waals surface area (Å²) >= 11 is 0. The van der Waals surface area contributed by atoms with Crippen molar-refractivity contribution in [3.63, 3.8) is 0 Å². The maximum Gasteiger partial charge on any atom is 0.223 e. The van der Waals surface area contributed by atoms with Crippen LogP contribution in [0.5, 0.6) is 0 Å². The molecule has 0 heterocycles. The fraction of sp³-hybridized carbons (Fsp3) is 0.500. The first-order valence-corrected chi connectivity index (χ1v) is 5.96. The van der Waals surface area contributed by atoms with Crippen LogP contribution in [0.1, 0.15) is 26.3 Å². The first-order chi connectivity index (χ1) is 7.65. The van der Waals surface area contributed by atoms with E-state index in [0.717, 1.165) is 6.42 Å². The van der Waals surface area contributed by atoms with E-state index in [2.05, 4.69) is 31.3 Å². The minimum atomic E-state index is 0.0716. The Labute approximate surface area is 98.1 Å². The van der Waals surface area contributed by atoms with E-state index in [1.807, 2.05) is 25.1 Å². The predicted octanol–water partition coefficient (Wildman–Crippen LogP) is 2.64. The molecule has 0 saturated carbocycles. The molecule has 16 heavy (non-hydrogen) atoms. The number of benzene rings is 1. The first kappa shape index (κ1) is 12.8. The zero-order valence-electron chi connectivity index (χ0n) is 10.4. The van der Waals surface area contributed by atoms with Crippen LogP contribution in [0.25, 0.3) is 0 Å². The fourth-order valence-electron chi connectivity index (χ4n) is 1.80. The molecule has 88 valence electrons. The van der Waals surface area contributed by atoms with Gasteiger partial charge in [-0.1, -0.05) is 44.2 Å². The van der Waals surface area contributed by atoms with Crippen LogP contribution in [0, 0.1) is 11.8 Å². The summed E-state index contributed by atoms with van der Waals surface area (Å²) in [5.41, 5.74) is 1.23. The molecule has 0 unspecified atom stereocenters. The van der Waals surface area contributed by atoms with Crippen LogP contribution in [-0.4, -0.2) is 12.5 Å². The summed E-state index contributed by atoms with van der Waals surface area (Å²) in [6.07, 6.45) is 0.824. The van der Waals surface area contributed by atoms with Gasteiger partial charge in [-0.2, -0.15) is 0 Å². The summed E-state index contributed by atoms with van der Waals surface area (Å²) in [6.45, 7) is 6.86. The van der Waals surface area contributed by atoms with E-state index in [4.69, 9.17) is 0 Å². The maximum atomic E-state index is 11.9. The molecule has 0 saturated heterocycles. The Morgan fingerprint density at radius 2 is 1.88 bits per heavy atom. The molecule has 1 N–H and O–H groups in total. The van der Waals surface area contributed by atoms with Gasteiger partial charge >= 0.3 is 0 Å². The Morgan fingerprint density at radius 3 is 2.38 bits per heavy atom. The van der Waals surface area contributed by atoms with Crippen molar-refractivity contribution in [3.05, 3.63) is 35.9 Å². The van der Waals surface area contributed by atoms with Crippen molar-refractivity contribution in [1.82, 2.24) is 5.32 Å². The molecule has 0 aliphatic rings. The van der Waals surface area contributed by atoms with Crippen LogP contribution >= 0.6 is 0 Å². The van der Waals surface area contributed by atoms with Gasteiger partial charge in [0.1, 0.15) is 0 Å². The molecular weight excluding hydrogens is 198 g/mol. The van der Waals surface area contributed by atoms with E-state index in [0.29, 0.717) is 12.5 Å². The highest BCUT2D eigenvalue weighted by Gasteiger charge is 2.21. The van der Waals surface area contributed by atoms with E-state index in [9.17, 15) is 4.79 Å². The van der Waals surface area contributed by atoms with Crippen molar-refractivity contribution in [1.29, 1.82) is 0 Å². The Morgan fingerprint density at radius 1 is 1.25 bits per heavy atom. The van der Waals surface area contributed by atoms with Gasteiger partial charge in [0.05, 0.1) is 0 Å². The van der Waals surface area contributed by atoms with Crippen molar-refractivity contribution in [3.8, 4) is 0 Å². The Kier molecular flexibility index (Phi) is 5.03. The number of hydrogen-bond acceptors (Lipinski definition) is 1. The third kappa shape index (κ3) is 3.69. The topological polar surface area (TPSA) is 29.1 Å². The summed E-state index contributed by atoms with van der Waals surface area (Å²) in [7, 11) is 0. The summed E-state index contributed by atoms with van der Waals surface area (Å²) in [5, 5.41) is 2.91. The van der Waals surface area contributed by atoms with Crippen molar-refractivity contribution >= 4 is 5.91 Å². The molecule has 0 radical (unpaired) electrons. The van der Waals surface area contributed by atoms with Gasteiger partial charge < -0.3 is 5.32 Å². The number of amides is 1. The zero-order valence-corrected chi connectivity index (χ0v) is 10.4. The number of hydrogen-bond donors (Lipinski definition) is 1. The lowest BCUT2D eigenvalue weighted by Crippen LogP contribution is -2.34. The standard InChI is InChI=1S/C14H21NO/c1-4-15-14(16)13(11(2)3)10-12-8-6-5-7-9-12/h5-9,11,13H,4,10H2,1-3H3,(H,15,16)/t13-/m0/s1. The van der Waals surface area contributed by atoms with Gasteiger partial charge in [-0.15, -0.1) is 0 Å². The molecule has 0 aromatic heterocycles. The summed E-state index contributed by atoms with van der Waals surface area (Å²) < 4.78 is 0. The van der Waals surface area contributed by atoms with E-state index >= 15 is 0 Å². The smallest absolute Gasteiger partial charge is 0.223 e. The molecule has 0 bridgehead atoms. The summed E-state index contributed by atoms with van der Waals surface area (Å²) in [5.74, 6) is 0.607. The molecule has 0 fully saturated rings. The lowest BCUT2D eigenvalue weighted by atomic mass is 9.88. The number of rotatable bonds is 5. The van der Waals surface area contributed by atoms with Gasteiger partial charge in [-0.05, 0) is 24.8 Å². The largest absolute Gasteiger partial charge is 0.356 e. The minimum Gasteiger partial charge on any atom is -0.356 e. The highest BCUT2D eigenvalue weighted by atomic mass is 16.1. The molecular formula is C14H21NO. The number of carbonyl (C=O) groups excluding carboxylic acids is 1. The average molecular weight is 219 g/mol. The second-order valence-electron chi connectivity index (χ2n) is 4.43. The van der Waals surface area contributed by atoms with Crippen molar-refractivity contribution in [2.45, 2.75) is 27.2 Å². The monoisotopic (exact) mass is 219 g/mol. The summed E-state index contributed by atoms with van der Waals surface area (Å²) in [4.78, 5) is 11.9. The van der Waals surface area contributed by atoms with E-state index < -0.39 is 0 Å². The molecule has 0 aliphatic carbocycles. The fourth-order valence-corrected chi connectivity index (χ4v) is 1.80. The Bertz CT molecular complexity index is 319. The van der Waals surface area contributed by atoms with Gasteiger partial charge in [-0.3, -0.25) is 4.79 Å². The van der Waals surface area contributed by atoms with Gasteiger partial charge in [0, 0.05) is 12.5 Å². The van der Waals surface area contributed by atoms with Crippen LogP contribution in [0.2, 0.25) is 0 Å². The maximum absolute atomic E-state index is 11.9. The molecule has 1 rings (SSSR count). The highest BCUT2D eigenvalue weighted by Crippen LogP contribution is 2.17. The molecule has 2 nitrogen and oxygen atoms in total. The SMILES string of the molecule is CCNC(=O)[C@@H](Cc1ccccc1)C(C)C. The second-order valence-corrected chi connectivity index (χ2v) is 4.43. The molecule has 1 atom stereocenters. The van der Waals surface area contributed by atoms with E-state index in [-0.39, 0.29) is 11.8 Å². The van der Waals surface area contributed by atoms with Crippen molar-refractivity contribution < 1.29 is 4.79 Å². The molecule has 0 spiro atoms. The summed E-state index contributed by atoms with van der Waals surface area (Å²) in [6, 6.07) is 10.2. The second kappa shape index (κ2) is 6.31. The number of carbonyl (C=O) groups is 1. The van der Waals surface area contributed by atoms with Crippen LogP contribution in [0.3, 0.4) is 0 Å². The molecule has 2 heteroatoms. The van der Waals surface area contributed by atoms with Gasteiger partial charge in [-0.25, -0.2) is 0 Å². The number of nitrogens with one attached hydrogen (secondary N) is 1. The van der Waals surface area contributed by atoms with Crippen LogP contribution in [0.15, 0.2) is 30.3 Å². The molecule has 1 amide bonds. The Balaban J connectivity index is 2.69. The lowest BCUT2D eigenvalue weighted by molar-refractivity contribution is -0.126. The highest BCUT2D eigenvalue weighted by molar-refractivity contribution is 5.79. The van der Waals surface area contributed by atoms with Crippen LogP contribution in [0.4, 0.5) is 0 Å². The quantitative estimate of drug-likeness (QED) is 0.810. The van der Waals surface area contributed by atoms with Gasteiger partial charge in [0.15, 0.2) is 0 Å². The molecule has 1 aromatic carbocycles. The van der Waals surface area contributed by atoms with Crippen molar-refractivity contribution in [2.75, 3.05) is 6.54 Å². The van der Waals surface area contributed by atoms with E-state index in [1.54, 1.807) is 0 Å². The average Bonchev–Trinajstić information content (AvgIpc) is 2.27.